The molecule has 7 nitrogen and oxygen atoms in total. The summed E-state index contributed by atoms with van der Waals surface area (Å²) < 4.78 is 9.62. The molecule has 2 aromatic heterocycles. The first-order valence-electron chi connectivity index (χ1n) is 8.68. The zero-order chi connectivity index (χ0) is 16.8. The van der Waals surface area contributed by atoms with E-state index in [-0.39, 0.29) is 11.9 Å². The van der Waals surface area contributed by atoms with Crippen LogP contribution in [0.15, 0.2) is 18.6 Å². The number of nitrogens with zero attached hydrogens (tertiary/aromatic N) is 4. The van der Waals surface area contributed by atoms with Crippen LogP contribution in [-0.2, 0) is 11.8 Å². The van der Waals surface area contributed by atoms with Gasteiger partial charge in [-0.05, 0) is 12.3 Å². The molecular formula is C17H25N5O2. The van der Waals surface area contributed by atoms with Crippen LogP contribution in [-0.4, -0.2) is 62.9 Å². The third-order valence-corrected chi connectivity index (χ3v) is 5.30. The number of ether oxygens (including phenoxy) is 1. The molecule has 2 aromatic rings. The van der Waals surface area contributed by atoms with Crippen molar-refractivity contribution in [2.45, 2.75) is 38.5 Å². The lowest BCUT2D eigenvalue weighted by Crippen LogP contribution is -2.48. The molecule has 2 aliphatic rings. The predicted molar refractivity (Wildman–Crippen MR) is 90.0 cm³/mol. The van der Waals surface area contributed by atoms with Crippen LogP contribution in [0.4, 0.5) is 0 Å². The Hall–Kier alpha value is -1.86. The number of hydrogen-bond acceptors (Lipinski definition) is 4. The predicted octanol–water partition coefficient (Wildman–Crippen LogP) is 0.900. The van der Waals surface area contributed by atoms with Gasteiger partial charge in [-0.25, -0.2) is 4.52 Å². The van der Waals surface area contributed by atoms with E-state index < -0.39 is 0 Å². The third kappa shape index (κ3) is 2.61. The van der Waals surface area contributed by atoms with E-state index in [0.717, 1.165) is 31.8 Å². The second-order valence-corrected chi connectivity index (χ2v) is 7.37. The van der Waals surface area contributed by atoms with Gasteiger partial charge in [0.2, 0.25) is 0 Å². The van der Waals surface area contributed by atoms with Crippen LogP contribution in [0.3, 0.4) is 0 Å². The Labute approximate surface area is 141 Å². The van der Waals surface area contributed by atoms with Gasteiger partial charge in [-0.3, -0.25) is 9.69 Å². The summed E-state index contributed by atoms with van der Waals surface area (Å²) in [4.78, 5) is 15.1. The zero-order valence-electron chi connectivity index (χ0n) is 14.5. The fourth-order valence-electron chi connectivity index (χ4n) is 3.88. The molecule has 0 unspecified atom stereocenters. The molecule has 1 N–H and O–H groups in total. The second-order valence-electron chi connectivity index (χ2n) is 7.37. The monoisotopic (exact) mass is 331 g/mol. The van der Waals surface area contributed by atoms with Gasteiger partial charge in [-0.1, -0.05) is 13.8 Å². The lowest BCUT2D eigenvalue weighted by atomic mass is 10.0. The van der Waals surface area contributed by atoms with Crippen molar-refractivity contribution in [3.63, 3.8) is 0 Å². The molecule has 24 heavy (non-hydrogen) atoms. The number of rotatable bonds is 3. The Kier molecular flexibility index (Phi) is 3.85. The summed E-state index contributed by atoms with van der Waals surface area (Å²) in [6, 6.07) is 0.597. The molecule has 2 aliphatic heterocycles. The molecule has 130 valence electrons. The highest BCUT2D eigenvalue weighted by molar-refractivity contribution is 6.00. The summed E-state index contributed by atoms with van der Waals surface area (Å²) in [7, 11) is 1.92. The molecule has 4 rings (SSSR count). The van der Waals surface area contributed by atoms with Crippen LogP contribution < -0.4 is 5.32 Å². The molecule has 0 aromatic carbocycles. The molecule has 2 fully saturated rings. The summed E-state index contributed by atoms with van der Waals surface area (Å²) in [5, 5.41) is 7.43. The number of carbonyl (C=O) groups is 1. The Morgan fingerprint density at radius 1 is 1.38 bits per heavy atom. The molecular weight excluding hydrogens is 306 g/mol. The van der Waals surface area contributed by atoms with Gasteiger partial charge in [0.05, 0.1) is 18.9 Å². The number of morpholine rings is 1. The quantitative estimate of drug-likeness (QED) is 0.908. The Balaban J connectivity index is 1.43. The van der Waals surface area contributed by atoms with Gasteiger partial charge in [0.25, 0.3) is 5.91 Å². The smallest absolute Gasteiger partial charge is 0.256 e. The van der Waals surface area contributed by atoms with E-state index in [0.29, 0.717) is 23.6 Å². The number of aromatic nitrogens is 3. The van der Waals surface area contributed by atoms with Crippen molar-refractivity contribution < 1.29 is 9.53 Å². The molecule has 0 spiro atoms. The first kappa shape index (κ1) is 15.7. The number of amides is 1. The standard InChI is InChI=1S/C17H25N5O2/c1-11(2)15-9-21-8-12(6-13(21)10-24-15)19-16(23)14-7-18-22-5-4-20(3)17(14)22/h4-5,7,11-13,15H,6,8-10H2,1-3H3,(H,19,23)/t12-,13-,15-/m0/s1. The summed E-state index contributed by atoms with van der Waals surface area (Å²) in [6.45, 7) is 7.03. The summed E-state index contributed by atoms with van der Waals surface area (Å²) in [6.07, 6.45) is 6.65. The first-order valence-corrected chi connectivity index (χ1v) is 8.68. The van der Waals surface area contributed by atoms with Crippen LogP contribution in [0.2, 0.25) is 0 Å². The Bertz CT molecular complexity index is 749. The number of carbonyl (C=O) groups excluding carboxylic acids is 1. The van der Waals surface area contributed by atoms with Crippen molar-refractivity contribution in [2.24, 2.45) is 13.0 Å². The number of nitrogens with one attached hydrogen (secondary N) is 1. The van der Waals surface area contributed by atoms with Crippen LogP contribution in [0.25, 0.3) is 5.65 Å². The van der Waals surface area contributed by atoms with Crippen LogP contribution in [0.5, 0.6) is 0 Å². The molecule has 1 amide bonds. The Morgan fingerprint density at radius 2 is 2.21 bits per heavy atom. The van der Waals surface area contributed by atoms with E-state index in [1.165, 1.54) is 0 Å². The van der Waals surface area contributed by atoms with Gasteiger partial charge in [0.15, 0.2) is 0 Å². The molecule has 7 heteroatoms. The molecule has 2 saturated heterocycles. The minimum absolute atomic E-state index is 0.0435. The zero-order valence-corrected chi connectivity index (χ0v) is 14.5. The van der Waals surface area contributed by atoms with E-state index in [4.69, 9.17) is 4.74 Å². The van der Waals surface area contributed by atoms with E-state index in [1.807, 2.05) is 24.0 Å². The highest BCUT2D eigenvalue weighted by Crippen LogP contribution is 2.26. The third-order valence-electron chi connectivity index (χ3n) is 5.30. The van der Waals surface area contributed by atoms with E-state index in [2.05, 4.69) is 29.2 Å². The lowest BCUT2D eigenvalue weighted by molar-refractivity contribution is -0.0683. The largest absolute Gasteiger partial charge is 0.375 e. The fraction of sp³-hybridized carbons (Fsp3) is 0.647. The highest BCUT2D eigenvalue weighted by Gasteiger charge is 2.38. The van der Waals surface area contributed by atoms with Gasteiger partial charge >= 0.3 is 0 Å². The number of fused-ring (bicyclic) bond motifs is 2. The molecule has 0 bridgehead atoms. The first-order chi connectivity index (χ1) is 11.5. The van der Waals surface area contributed by atoms with Gasteiger partial charge in [0.1, 0.15) is 11.2 Å². The minimum atomic E-state index is -0.0435. The van der Waals surface area contributed by atoms with Crippen molar-refractivity contribution in [2.75, 3.05) is 19.7 Å². The number of hydrogen-bond donors (Lipinski definition) is 1. The van der Waals surface area contributed by atoms with Gasteiger partial charge < -0.3 is 14.6 Å². The van der Waals surface area contributed by atoms with E-state index in [1.54, 1.807) is 10.7 Å². The van der Waals surface area contributed by atoms with Crippen LogP contribution in [0, 0.1) is 5.92 Å². The summed E-state index contributed by atoms with van der Waals surface area (Å²) in [5.74, 6) is 0.482. The summed E-state index contributed by atoms with van der Waals surface area (Å²) >= 11 is 0. The molecule has 0 radical (unpaired) electrons. The molecule has 0 aliphatic carbocycles. The minimum Gasteiger partial charge on any atom is -0.375 e. The van der Waals surface area contributed by atoms with Crippen LogP contribution >= 0.6 is 0 Å². The van der Waals surface area contributed by atoms with Crippen molar-refractivity contribution in [3.05, 3.63) is 24.2 Å². The lowest BCUT2D eigenvalue weighted by Gasteiger charge is -2.36. The normalized spacial score (nSPS) is 27.8. The van der Waals surface area contributed by atoms with Crippen molar-refractivity contribution in [3.8, 4) is 0 Å². The van der Waals surface area contributed by atoms with E-state index in [9.17, 15) is 4.79 Å². The highest BCUT2D eigenvalue weighted by atomic mass is 16.5. The maximum atomic E-state index is 12.7. The van der Waals surface area contributed by atoms with Crippen LogP contribution in [0.1, 0.15) is 30.6 Å². The molecule has 3 atom stereocenters. The van der Waals surface area contributed by atoms with E-state index >= 15 is 0 Å². The molecule has 0 saturated carbocycles. The SMILES string of the molecule is CC(C)[C@@H]1CN2C[C@@H](NC(=O)c3cnn4ccn(C)c34)C[C@H]2CO1. The Morgan fingerprint density at radius 3 is 3.00 bits per heavy atom. The second kappa shape index (κ2) is 5.89. The van der Waals surface area contributed by atoms with Gasteiger partial charge in [0, 0.05) is 44.6 Å². The van der Waals surface area contributed by atoms with Crippen molar-refractivity contribution in [1.29, 1.82) is 0 Å². The van der Waals surface area contributed by atoms with Gasteiger partial charge in [-0.15, -0.1) is 0 Å². The summed E-state index contributed by atoms with van der Waals surface area (Å²) in [5.41, 5.74) is 1.45. The number of aryl methyl sites for hydroxylation is 1. The maximum absolute atomic E-state index is 12.7. The topological polar surface area (TPSA) is 63.8 Å². The van der Waals surface area contributed by atoms with Crippen molar-refractivity contribution >= 4 is 11.6 Å². The average molecular weight is 331 g/mol. The average Bonchev–Trinajstić information content (AvgIpc) is 3.22. The van der Waals surface area contributed by atoms with Crippen molar-refractivity contribution in [1.82, 2.24) is 24.4 Å². The molecule has 4 heterocycles. The number of imidazole rings is 1. The fourth-order valence-corrected chi connectivity index (χ4v) is 3.88. The maximum Gasteiger partial charge on any atom is 0.256 e. The van der Waals surface area contributed by atoms with Gasteiger partial charge in [-0.2, -0.15) is 5.10 Å².